The molecule has 1 saturated heterocycles. The molecular weight excluding hydrogens is 210 g/mol. The summed E-state index contributed by atoms with van der Waals surface area (Å²) in [5, 5.41) is 10.8. The summed E-state index contributed by atoms with van der Waals surface area (Å²) in [5.74, 6) is 1.87. The number of nitrogens with one attached hydrogen (secondary N) is 3. The van der Waals surface area contributed by atoms with Crippen molar-refractivity contribution >= 4 is 0 Å². The predicted molar refractivity (Wildman–Crippen MR) is 73.3 cm³/mol. The lowest BCUT2D eigenvalue weighted by Crippen LogP contribution is -2.34. The van der Waals surface area contributed by atoms with E-state index in [1.54, 1.807) is 0 Å². The van der Waals surface area contributed by atoms with Gasteiger partial charge >= 0.3 is 0 Å². The molecule has 1 aliphatic carbocycles. The van der Waals surface area contributed by atoms with Crippen LogP contribution in [0.2, 0.25) is 0 Å². The van der Waals surface area contributed by atoms with Crippen molar-refractivity contribution in [2.24, 2.45) is 11.8 Å². The molecule has 2 fully saturated rings. The number of hydrogen-bond acceptors (Lipinski definition) is 3. The van der Waals surface area contributed by atoms with Crippen molar-refractivity contribution in [3.05, 3.63) is 0 Å². The van der Waals surface area contributed by atoms with Crippen molar-refractivity contribution in [1.29, 1.82) is 0 Å². The Morgan fingerprint density at radius 2 is 1.12 bits per heavy atom. The molecule has 3 heteroatoms. The summed E-state index contributed by atoms with van der Waals surface area (Å²) in [4.78, 5) is 0. The topological polar surface area (TPSA) is 36.1 Å². The van der Waals surface area contributed by atoms with Crippen LogP contribution in [-0.2, 0) is 0 Å². The highest BCUT2D eigenvalue weighted by atomic mass is 14.9. The van der Waals surface area contributed by atoms with Crippen LogP contribution in [0, 0.1) is 11.8 Å². The summed E-state index contributed by atoms with van der Waals surface area (Å²) < 4.78 is 0. The van der Waals surface area contributed by atoms with Gasteiger partial charge in [-0.3, -0.25) is 0 Å². The van der Waals surface area contributed by atoms with E-state index in [9.17, 15) is 0 Å². The van der Waals surface area contributed by atoms with E-state index in [4.69, 9.17) is 0 Å². The second kappa shape index (κ2) is 8.06. The van der Waals surface area contributed by atoms with Crippen molar-refractivity contribution in [1.82, 2.24) is 16.0 Å². The van der Waals surface area contributed by atoms with Crippen LogP contribution < -0.4 is 16.0 Å². The third-order valence-electron chi connectivity index (χ3n) is 4.17. The first-order valence-corrected chi connectivity index (χ1v) is 7.57. The highest BCUT2D eigenvalue weighted by molar-refractivity contribution is 4.76. The van der Waals surface area contributed by atoms with E-state index >= 15 is 0 Å². The molecule has 100 valence electrons. The molecule has 1 aliphatic heterocycles. The first-order chi connectivity index (χ1) is 8.45. The van der Waals surface area contributed by atoms with Gasteiger partial charge in [0.2, 0.25) is 0 Å². The average molecular weight is 239 g/mol. The van der Waals surface area contributed by atoms with Crippen molar-refractivity contribution in [2.75, 3.05) is 39.3 Å². The van der Waals surface area contributed by atoms with Gasteiger partial charge in [0.15, 0.2) is 0 Å². The van der Waals surface area contributed by atoms with Gasteiger partial charge in [-0.1, -0.05) is 6.42 Å². The quantitative estimate of drug-likeness (QED) is 0.597. The van der Waals surface area contributed by atoms with Crippen LogP contribution >= 0.6 is 0 Å². The fourth-order valence-electron chi connectivity index (χ4n) is 3.19. The van der Waals surface area contributed by atoms with Crippen LogP contribution in [0.4, 0.5) is 0 Å². The van der Waals surface area contributed by atoms with Crippen LogP contribution in [0.15, 0.2) is 0 Å². The van der Waals surface area contributed by atoms with Crippen LogP contribution in [-0.4, -0.2) is 39.3 Å². The number of hydrogen-bond donors (Lipinski definition) is 3. The summed E-state index contributed by atoms with van der Waals surface area (Å²) in [6.07, 6.45) is 8.31. The molecule has 2 bridgehead atoms. The van der Waals surface area contributed by atoms with Gasteiger partial charge in [-0.05, 0) is 83.2 Å². The highest BCUT2D eigenvalue weighted by Gasteiger charge is 2.21. The maximum atomic E-state index is 3.63. The van der Waals surface area contributed by atoms with Crippen LogP contribution in [0.1, 0.15) is 38.5 Å². The summed E-state index contributed by atoms with van der Waals surface area (Å²) >= 11 is 0. The Kier molecular flexibility index (Phi) is 6.32. The molecule has 0 aromatic carbocycles. The van der Waals surface area contributed by atoms with Gasteiger partial charge < -0.3 is 16.0 Å². The van der Waals surface area contributed by atoms with Gasteiger partial charge in [0.25, 0.3) is 0 Å². The van der Waals surface area contributed by atoms with Crippen LogP contribution in [0.3, 0.4) is 0 Å². The van der Waals surface area contributed by atoms with Crippen molar-refractivity contribution in [2.45, 2.75) is 38.5 Å². The summed E-state index contributed by atoms with van der Waals surface area (Å²) in [6.45, 7) is 7.20. The zero-order valence-electron chi connectivity index (χ0n) is 11.1. The van der Waals surface area contributed by atoms with Gasteiger partial charge in [0.05, 0.1) is 0 Å². The fourth-order valence-corrected chi connectivity index (χ4v) is 3.19. The third kappa shape index (κ3) is 5.36. The van der Waals surface area contributed by atoms with Gasteiger partial charge in [-0.15, -0.1) is 0 Å². The Morgan fingerprint density at radius 1 is 0.588 bits per heavy atom. The lowest BCUT2D eigenvalue weighted by Gasteiger charge is -2.29. The van der Waals surface area contributed by atoms with Gasteiger partial charge in [0.1, 0.15) is 0 Å². The molecule has 1 saturated carbocycles. The minimum absolute atomic E-state index is 0.937. The lowest BCUT2D eigenvalue weighted by atomic mass is 9.81. The second-order valence-electron chi connectivity index (χ2n) is 5.76. The van der Waals surface area contributed by atoms with Gasteiger partial charge in [-0.2, -0.15) is 0 Å². The minimum Gasteiger partial charge on any atom is -0.317 e. The van der Waals surface area contributed by atoms with Crippen molar-refractivity contribution in [3.63, 3.8) is 0 Å². The number of fused-ring (bicyclic) bond motifs is 2. The average Bonchev–Trinajstić information content (AvgIpc) is 2.36. The largest absolute Gasteiger partial charge is 0.317 e. The SMILES string of the molecule is C1CNCCCNCC2CCCC(CNC1)C2. The predicted octanol–water partition coefficient (Wildman–Crippen LogP) is 1.36. The molecule has 2 atom stereocenters. The van der Waals surface area contributed by atoms with Crippen molar-refractivity contribution in [3.8, 4) is 0 Å². The Balaban J connectivity index is 1.73. The van der Waals surface area contributed by atoms with E-state index in [1.807, 2.05) is 0 Å². The highest BCUT2D eigenvalue weighted by Crippen LogP contribution is 2.28. The van der Waals surface area contributed by atoms with E-state index in [0.717, 1.165) is 11.8 Å². The molecule has 2 unspecified atom stereocenters. The lowest BCUT2D eigenvalue weighted by molar-refractivity contribution is 0.252. The summed E-state index contributed by atoms with van der Waals surface area (Å²) in [5.41, 5.74) is 0. The molecule has 3 N–H and O–H groups in total. The molecule has 2 aliphatic rings. The van der Waals surface area contributed by atoms with Gasteiger partial charge in [0, 0.05) is 0 Å². The molecule has 0 amide bonds. The van der Waals surface area contributed by atoms with E-state index in [1.165, 1.54) is 77.8 Å². The second-order valence-corrected chi connectivity index (χ2v) is 5.76. The molecule has 0 aromatic rings. The van der Waals surface area contributed by atoms with E-state index < -0.39 is 0 Å². The van der Waals surface area contributed by atoms with E-state index in [2.05, 4.69) is 16.0 Å². The normalized spacial score (nSPS) is 33.9. The molecule has 0 aromatic heterocycles. The van der Waals surface area contributed by atoms with Crippen molar-refractivity contribution < 1.29 is 0 Å². The Labute approximate surface area is 106 Å². The van der Waals surface area contributed by atoms with Crippen LogP contribution in [0.25, 0.3) is 0 Å². The first-order valence-electron chi connectivity index (χ1n) is 7.57. The third-order valence-corrected chi connectivity index (χ3v) is 4.17. The Morgan fingerprint density at radius 3 is 1.71 bits per heavy atom. The zero-order chi connectivity index (χ0) is 11.8. The molecular formula is C14H29N3. The standard InChI is InChI=1S/C14H29N3/c1-4-13-10-14(5-1)12-17-9-3-7-15-6-2-8-16-11-13/h13-17H,1-12H2. The maximum absolute atomic E-state index is 3.63. The monoisotopic (exact) mass is 239 g/mol. The van der Waals surface area contributed by atoms with Gasteiger partial charge in [-0.25, -0.2) is 0 Å². The number of rotatable bonds is 0. The summed E-state index contributed by atoms with van der Waals surface area (Å²) in [6, 6.07) is 0. The van der Waals surface area contributed by atoms with Crippen LogP contribution in [0.5, 0.6) is 0 Å². The molecule has 2 rings (SSSR count). The maximum Gasteiger partial charge on any atom is -0.00204 e. The Hall–Kier alpha value is -0.120. The van der Waals surface area contributed by atoms with E-state index in [-0.39, 0.29) is 0 Å². The molecule has 0 radical (unpaired) electrons. The first kappa shape index (κ1) is 13.3. The Bertz CT molecular complexity index is 178. The molecule has 1 heterocycles. The fraction of sp³-hybridized carbons (Fsp3) is 1.00. The minimum atomic E-state index is 0.937. The molecule has 3 nitrogen and oxygen atoms in total. The molecule has 17 heavy (non-hydrogen) atoms. The zero-order valence-corrected chi connectivity index (χ0v) is 11.1. The molecule has 0 spiro atoms. The smallest absolute Gasteiger partial charge is 0.00204 e. The van der Waals surface area contributed by atoms with E-state index in [0.29, 0.717) is 0 Å². The summed E-state index contributed by atoms with van der Waals surface area (Å²) in [7, 11) is 0.